The van der Waals surface area contributed by atoms with Gasteiger partial charge in [0.1, 0.15) is 0 Å². The van der Waals surface area contributed by atoms with E-state index in [0.29, 0.717) is 4.88 Å². The zero-order valence-corrected chi connectivity index (χ0v) is 11.3. The van der Waals surface area contributed by atoms with Crippen molar-refractivity contribution in [2.24, 2.45) is 5.92 Å². The number of amides is 1. The number of hydrogen-bond acceptors (Lipinski definition) is 3. The molecule has 0 aliphatic carbocycles. The second kappa shape index (κ2) is 5.45. The predicted octanol–water partition coefficient (Wildman–Crippen LogP) is 2.27. The van der Waals surface area contributed by atoms with Gasteiger partial charge < -0.3 is 10.4 Å². The summed E-state index contributed by atoms with van der Waals surface area (Å²) >= 11 is 4.67. The van der Waals surface area contributed by atoms with E-state index in [1.165, 1.54) is 11.3 Å². The fraction of sp³-hybridized carbons (Fsp3) is 0.400. The molecule has 1 amide bonds. The van der Waals surface area contributed by atoms with Gasteiger partial charge in [0.05, 0.1) is 14.6 Å². The fourth-order valence-corrected chi connectivity index (χ4v) is 2.44. The number of aliphatic carboxylic acids is 1. The van der Waals surface area contributed by atoms with Crippen LogP contribution in [0.5, 0.6) is 0 Å². The summed E-state index contributed by atoms with van der Waals surface area (Å²) in [5.74, 6) is -1.72. The molecular formula is C10H12BrNO3S. The SMILES string of the molecule is Cc1cc(C(=O)NCC(C)C(=O)O)sc1Br. The third kappa shape index (κ3) is 3.31. The van der Waals surface area contributed by atoms with Crippen molar-refractivity contribution in [3.8, 4) is 0 Å². The van der Waals surface area contributed by atoms with E-state index in [9.17, 15) is 9.59 Å². The maximum atomic E-state index is 11.6. The molecule has 88 valence electrons. The minimum atomic E-state index is -0.913. The molecule has 1 rings (SSSR count). The van der Waals surface area contributed by atoms with Gasteiger partial charge in [0.2, 0.25) is 0 Å². The maximum Gasteiger partial charge on any atom is 0.308 e. The van der Waals surface area contributed by atoms with E-state index >= 15 is 0 Å². The van der Waals surface area contributed by atoms with Crippen molar-refractivity contribution >= 4 is 39.1 Å². The fourth-order valence-electron chi connectivity index (χ4n) is 0.992. The van der Waals surface area contributed by atoms with Crippen molar-refractivity contribution in [1.82, 2.24) is 5.32 Å². The van der Waals surface area contributed by atoms with Gasteiger partial charge in [-0.05, 0) is 34.5 Å². The molecule has 2 N–H and O–H groups in total. The van der Waals surface area contributed by atoms with Gasteiger partial charge in [0.15, 0.2) is 0 Å². The molecule has 0 fully saturated rings. The molecule has 1 atom stereocenters. The van der Waals surface area contributed by atoms with Gasteiger partial charge in [0, 0.05) is 6.54 Å². The number of nitrogens with one attached hydrogen (secondary N) is 1. The number of carbonyl (C=O) groups is 2. The van der Waals surface area contributed by atoms with Crippen LogP contribution in [0, 0.1) is 12.8 Å². The molecule has 6 heteroatoms. The summed E-state index contributed by atoms with van der Waals surface area (Å²) in [6.45, 7) is 3.60. The number of halogens is 1. The molecule has 0 aliphatic heterocycles. The average molecular weight is 306 g/mol. The minimum Gasteiger partial charge on any atom is -0.481 e. The molecule has 1 unspecified atom stereocenters. The van der Waals surface area contributed by atoms with Gasteiger partial charge in [0.25, 0.3) is 5.91 Å². The van der Waals surface area contributed by atoms with Crippen molar-refractivity contribution in [3.63, 3.8) is 0 Å². The topological polar surface area (TPSA) is 66.4 Å². The number of aryl methyl sites for hydroxylation is 1. The van der Waals surface area contributed by atoms with Crippen molar-refractivity contribution in [3.05, 3.63) is 20.3 Å². The second-order valence-corrected chi connectivity index (χ2v) is 5.89. The smallest absolute Gasteiger partial charge is 0.308 e. The first-order valence-corrected chi connectivity index (χ1v) is 6.29. The van der Waals surface area contributed by atoms with Crippen LogP contribution < -0.4 is 5.32 Å². The lowest BCUT2D eigenvalue weighted by molar-refractivity contribution is -0.140. The van der Waals surface area contributed by atoms with Gasteiger partial charge in [-0.3, -0.25) is 9.59 Å². The number of rotatable bonds is 4. The van der Waals surface area contributed by atoms with Crippen LogP contribution in [0.1, 0.15) is 22.2 Å². The monoisotopic (exact) mass is 305 g/mol. The van der Waals surface area contributed by atoms with E-state index in [4.69, 9.17) is 5.11 Å². The van der Waals surface area contributed by atoms with E-state index in [2.05, 4.69) is 21.2 Å². The highest BCUT2D eigenvalue weighted by molar-refractivity contribution is 9.11. The highest BCUT2D eigenvalue weighted by atomic mass is 79.9. The average Bonchev–Trinajstić information content (AvgIpc) is 2.55. The molecule has 1 aromatic rings. The summed E-state index contributed by atoms with van der Waals surface area (Å²) in [5, 5.41) is 11.2. The van der Waals surface area contributed by atoms with E-state index in [1.54, 1.807) is 13.0 Å². The molecule has 0 radical (unpaired) electrons. The third-order valence-corrected chi connectivity index (χ3v) is 4.21. The van der Waals surface area contributed by atoms with Gasteiger partial charge in [-0.1, -0.05) is 6.92 Å². The Morgan fingerprint density at radius 2 is 2.25 bits per heavy atom. The summed E-state index contributed by atoms with van der Waals surface area (Å²) < 4.78 is 0.920. The Kier molecular flexibility index (Phi) is 4.49. The van der Waals surface area contributed by atoms with E-state index in [-0.39, 0.29) is 12.5 Å². The zero-order valence-electron chi connectivity index (χ0n) is 8.91. The van der Waals surface area contributed by atoms with E-state index in [1.807, 2.05) is 6.92 Å². The van der Waals surface area contributed by atoms with Gasteiger partial charge in [-0.25, -0.2) is 0 Å². The number of thiophene rings is 1. The number of carboxylic acids is 1. The quantitative estimate of drug-likeness (QED) is 0.897. The highest BCUT2D eigenvalue weighted by Crippen LogP contribution is 2.27. The lowest BCUT2D eigenvalue weighted by Gasteiger charge is -2.06. The second-order valence-electron chi connectivity index (χ2n) is 3.52. The molecule has 0 bridgehead atoms. The molecule has 1 aromatic heterocycles. The van der Waals surface area contributed by atoms with Crippen LogP contribution in [-0.2, 0) is 4.79 Å². The Hall–Kier alpha value is -0.880. The number of hydrogen-bond donors (Lipinski definition) is 2. The van der Waals surface area contributed by atoms with Gasteiger partial charge in [-0.15, -0.1) is 11.3 Å². The summed E-state index contributed by atoms with van der Waals surface area (Å²) in [4.78, 5) is 22.8. The lowest BCUT2D eigenvalue weighted by Crippen LogP contribution is -2.30. The molecule has 0 spiro atoms. The Morgan fingerprint density at radius 1 is 1.62 bits per heavy atom. The van der Waals surface area contributed by atoms with Crippen LogP contribution in [-0.4, -0.2) is 23.5 Å². The summed E-state index contributed by atoms with van der Waals surface area (Å²) in [5.41, 5.74) is 1.00. The van der Waals surface area contributed by atoms with E-state index < -0.39 is 11.9 Å². The van der Waals surface area contributed by atoms with Crippen molar-refractivity contribution in [2.45, 2.75) is 13.8 Å². The predicted molar refractivity (Wildman–Crippen MR) is 65.9 cm³/mol. The molecule has 0 saturated carbocycles. The first-order valence-electron chi connectivity index (χ1n) is 4.68. The molecule has 1 heterocycles. The Labute approximate surface area is 106 Å². The normalized spacial score (nSPS) is 12.2. The Balaban J connectivity index is 2.56. The van der Waals surface area contributed by atoms with Gasteiger partial charge in [-0.2, -0.15) is 0 Å². The van der Waals surface area contributed by atoms with Crippen LogP contribution in [0.2, 0.25) is 0 Å². The number of carboxylic acid groups (broad SMARTS) is 1. The van der Waals surface area contributed by atoms with Crippen LogP contribution in [0.15, 0.2) is 9.85 Å². The molecular weight excluding hydrogens is 294 g/mol. The third-order valence-electron chi connectivity index (χ3n) is 2.07. The first kappa shape index (κ1) is 13.2. The highest BCUT2D eigenvalue weighted by Gasteiger charge is 2.15. The van der Waals surface area contributed by atoms with E-state index in [0.717, 1.165) is 9.35 Å². The number of carbonyl (C=O) groups excluding carboxylic acids is 1. The van der Waals surface area contributed by atoms with Crippen molar-refractivity contribution in [1.29, 1.82) is 0 Å². The van der Waals surface area contributed by atoms with Crippen LogP contribution in [0.4, 0.5) is 0 Å². The maximum absolute atomic E-state index is 11.6. The first-order chi connectivity index (χ1) is 7.41. The standard InChI is InChI=1S/C10H12BrNO3S/c1-5-3-7(16-8(5)11)9(13)12-4-6(2)10(14)15/h3,6H,4H2,1-2H3,(H,12,13)(H,14,15). The van der Waals surface area contributed by atoms with Crippen LogP contribution in [0.25, 0.3) is 0 Å². The molecule has 0 saturated heterocycles. The summed E-state index contributed by atoms with van der Waals surface area (Å²) in [6, 6.07) is 1.77. The summed E-state index contributed by atoms with van der Waals surface area (Å²) in [6.07, 6.45) is 0. The van der Waals surface area contributed by atoms with Crippen molar-refractivity contribution in [2.75, 3.05) is 6.54 Å². The molecule has 16 heavy (non-hydrogen) atoms. The molecule has 0 aliphatic rings. The van der Waals surface area contributed by atoms with Crippen LogP contribution in [0.3, 0.4) is 0 Å². The Morgan fingerprint density at radius 3 is 2.69 bits per heavy atom. The zero-order chi connectivity index (χ0) is 12.3. The molecule has 0 aromatic carbocycles. The largest absolute Gasteiger partial charge is 0.481 e. The van der Waals surface area contributed by atoms with Crippen LogP contribution >= 0.6 is 27.3 Å². The van der Waals surface area contributed by atoms with Gasteiger partial charge >= 0.3 is 5.97 Å². The summed E-state index contributed by atoms with van der Waals surface area (Å²) in [7, 11) is 0. The lowest BCUT2D eigenvalue weighted by atomic mass is 10.2. The van der Waals surface area contributed by atoms with Crippen molar-refractivity contribution < 1.29 is 14.7 Å². The molecule has 4 nitrogen and oxygen atoms in total. The Bertz CT molecular complexity index is 397. The minimum absolute atomic E-state index is 0.142.